The predicted molar refractivity (Wildman–Crippen MR) is 72.7 cm³/mol. The molecular formula is C15H22N2. The fraction of sp³-hybridized carbons (Fsp3) is 0.467. The van der Waals surface area contributed by atoms with E-state index in [1.165, 1.54) is 24.9 Å². The van der Waals surface area contributed by atoms with Gasteiger partial charge in [-0.05, 0) is 37.9 Å². The van der Waals surface area contributed by atoms with Crippen LogP contribution in [0.5, 0.6) is 0 Å². The molecule has 1 aromatic carbocycles. The van der Waals surface area contributed by atoms with Gasteiger partial charge in [0.2, 0.25) is 0 Å². The van der Waals surface area contributed by atoms with Gasteiger partial charge in [0.25, 0.3) is 0 Å². The van der Waals surface area contributed by atoms with E-state index >= 15 is 0 Å². The molecule has 0 unspecified atom stereocenters. The Morgan fingerprint density at radius 3 is 2.82 bits per heavy atom. The molecular weight excluding hydrogens is 208 g/mol. The van der Waals surface area contributed by atoms with Crippen LogP contribution >= 0.6 is 0 Å². The van der Waals surface area contributed by atoms with Crippen LogP contribution in [-0.4, -0.2) is 24.5 Å². The number of benzene rings is 1. The van der Waals surface area contributed by atoms with Crippen molar-refractivity contribution >= 4 is 0 Å². The Hall–Kier alpha value is -1.12. The number of piperidine rings is 1. The lowest BCUT2D eigenvalue weighted by atomic mass is 10.0. The lowest BCUT2D eigenvalue weighted by Gasteiger charge is -2.28. The summed E-state index contributed by atoms with van der Waals surface area (Å²) in [4.78, 5) is 2.53. The summed E-state index contributed by atoms with van der Waals surface area (Å²) in [7, 11) is 0. The van der Waals surface area contributed by atoms with Gasteiger partial charge >= 0.3 is 0 Å². The molecule has 1 aromatic rings. The summed E-state index contributed by atoms with van der Waals surface area (Å²) < 4.78 is 0. The van der Waals surface area contributed by atoms with Crippen LogP contribution in [0.25, 0.3) is 0 Å². The first-order chi connectivity index (χ1) is 8.38. The average molecular weight is 230 g/mol. The van der Waals surface area contributed by atoms with E-state index in [-0.39, 0.29) is 0 Å². The van der Waals surface area contributed by atoms with Crippen molar-refractivity contribution in [3.8, 4) is 0 Å². The normalized spacial score (nSPS) is 19.7. The Morgan fingerprint density at radius 2 is 2.06 bits per heavy atom. The third kappa shape index (κ3) is 3.99. The molecule has 1 aliphatic heterocycles. The van der Waals surface area contributed by atoms with E-state index < -0.39 is 0 Å². The number of nitrogens with two attached hydrogens (primary N) is 1. The Bertz CT molecular complexity index is 356. The van der Waals surface area contributed by atoms with Crippen LogP contribution < -0.4 is 5.73 Å². The highest BCUT2D eigenvalue weighted by Crippen LogP contribution is 2.18. The molecule has 1 aliphatic rings. The molecule has 0 saturated carbocycles. The largest absolute Gasteiger partial charge is 0.330 e. The minimum atomic E-state index is 0.766. The van der Waals surface area contributed by atoms with Gasteiger partial charge in [0.05, 0.1) is 0 Å². The molecule has 0 atom stereocenters. The van der Waals surface area contributed by atoms with Crippen molar-refractivity contribution in [1.82, 2.24) is 4.90 Å². The molecule has 17 heavy (non-hydrogen) atoms. The van der Waals surface area contributed by atoms with Crippen LogP contribution in [0.1, 0.15) is 24.8 Å². The second kappa shape index (κ2) is 6.58. The second-order valence-electron chi connectivity index (χ2n) is 4.74. The number of nitrogens with zero attached hydrogens (tertiary/aromatic N) is 1. The monoisotopic (exact) mass is 230 g/mol. The van der Waals surface area contributed by atoms with Gasteiger partial charge < -0.3 is 5.73 Å². The first-order valence-corrected chi connectivity index (χ1v) is 6.53. The van der Waals surface area contributed by atoms with Crippen LogP contribution in [-0.2, 0) is 6.54 Å². The van der Waals surface area contributed by atoms with Crippen molar-refractivity contribution in [2.24, 2.45) is 5.73 Å². The first-order valence-electron chi connectivity index (χ1n) is 6.53. The van der Waals surface area contributed by atoms with Gasteiger partial charge in [0.15, 0.2) is 0 Å². The van der Waals surface area contributed by atoms with Crippen LogP contribution in [0.4, 0.5) is 0 Å². The molecule has 0 radical (unpaired) electrons. The maximum absolute atomic E-state index is 5.55. The Labute approximate surface area is 104 Å². The topological polar surface area (TPSA) is 29.3 Å². The molecule has 0 aromatic heterocycles. The highest BCUT2D eigenvalue weighted by Gasteiger charge is 2.13. The van der Waals surface area contributed by atoms with Crippen molar-refractivity contribution in [3.05, 3.63) is 47.5 Å². The number of hydrogen-bond acceptors (Lipinski definition) is 2. The fourth-order valence-corrected chi connectivity index (χ4v) is 2.41. The zero-order valence-corrected chi connectivity index (χ0v) is 10.4. The second-order valence-corrected chi connectivity index (χ2v) is 4.74. The summed E-state index contributed by atoms with van der Waals surface area (Å²) in [5.41, 5.74) is 8.52. The van der Waals surface area contributed by atoms with E-state index in [1.54, 1.807) is 5.57 Å². The third-order valence-electron chi connectivity index (χ3n) is 3.25. The molecule has 2 N–H and O–H groups in total. The summed E-state index contributed by atoms with van der Waals surface area (Å²) in [6, 6.07) is 10.7. The average Bonchev–Trinajstić information content (AvgIpc) is 2.38. The summed E-state index contributed by atoms with van der Waals surface area (Å²) in [5, 5.41) is 0. The van der Waals surface area contributed by atoms with Gasteiger partial charge in [-0.25, -0.2) is 0 Å². The maximum atomic E-state index is 5.55. The van der Waals surface area contributed by atoms with E-state index in [0.717, 1.165) is 26.1 Å². The van der Waals surface area contributed by atoms with E-state index in [2.05, 4.69) is 41.3 Å². The van der Waals surface area contributed by atoms with Gasteiger partial charge in [-0.2, -0.15) is 0 Å². The molecule has 92 valence electrons. The number of hydrogen-bond donors (Lipinski definition) is 1. The molecule has 0 amide bonds. The quantitative estimate of drug-likeness (QED) is 0.805. The summed E-state index contributed by atoms with van der Waals surface area (Å²) >= 11 is 0. The zero-order chi connectivity index (χ0) is 11.9. The Balaban J connectivity index is 1.89. The number of likely N-dealkylation sites (tertiary alicyclic amines) is 1. The predicted octanol–water partition coefficient (Wildman–Crippen LogP) is 2.56. The van der Waals surface area contributed by atoms with Crippen molar-refractivity contribution in [2.75, 3.05) is 19.6 Å². The minimum Gasteiger partial charge on any atom is -0.330 e. The lowest BCUT2D eigenvalue weighted by Crippen LogP contribution is -2.30. The van der Waals surface area contributed by atoms with Gasteiger partial charge in [0, 0.05) is 13.1 Å². The Kier molecular flexibility index (Phi) is 4.77. The van der Waals surface area contributed by atoms with Gasteiger partial charge in [-0.1, -0.05) is 42.0 Å². The van der Waals surface area contributed by atoms with E-state index in [1.807, 2.05) is 0 Å². The van der Waals surface area contributed by atoms with E-state index in [0.29, 0.717) is 0 Å². The van der Waals surface area contributed by atoms with E-state index in [4.69, 9.17) is 5.73 Å². The molecule has 1 fully saturated rings. The first kappa shape index (κ1) is 12.3. The summed E-state index contributed by atoms with van der Waals surface area (Å²) in [5.74, 6) is 0. The highest BCUT2D eigenvalue weighted by molar-refractivity contribution is 5.16. The minimum absolute atomic E-state index is 0.766. The van der Waals surface area contributed by atoms with Crippen LogP contribution in [0.15, 0.2) is 42.0 Å². The smallest absolute Gasteiger partial charge is 0.0237 e. The fourth-order valence-electron chi connectivity index (χ4n) is 2.41. The summed E-state index contributed by atoms with van der Waals surface area (Å²) in [6.07, 6.45) is 5.89. The molecule has 2 rings (SSSR count). The van der Waals surface area contributed by atoms with Crippen molar-refractivity contribution in [3.63, 3.8) is 0 Å². The standard InChI is InChI=1S/C15H22N2/c16-10-4-8-15-9-5-11-17(13-15)12-14-6-2-1-3-7-14/h1-3,6-8H,4-5,9-13,16H2/b15-8-. The van der Waals surface area contributed by atoms with Crippen molar-refractivity contribution in [1.29, 1.82) is 0 Å². The third-order valence-corrected chi connectivity index (χ3v) is 3.25. The van der Waals surface area contributed by atoms with Crippen molar-refractivity contribution in [2.45, 2.75) is 25.8 Å². The molecule has 0 bridgehead atoms. The molecule has 1 saturated heterocycles. The van der Waals surface area contributed by atoms with Gasteiger partial charge in [-0.3, -0.25) is 4.90 Å². The van der Waals surface area contributed by atoms with Crippen LogP contribution in [0.2, 0.25) is 0 Å². The maximum Gasteiger partial charge on any atom is 0.0237 e. The molecule has 0 aliphatic carbocycles. The molecule has 2 nitrogen and oxygen atoms in total. The van der Waals surface area contributed by atoms with Crippen molar-refractivity contribution < 1.29 is 0 Å². The van der Waals surface area contributed by atoms with Crippen LogP contribution in [0, 0.1) is 0 Å². The highest BCUT2D eigenvalue weighted by atomic mass is 15.1. The number of rotatable bonds is 4. The molecule has 1 heterocycles. The lowest BCUT2D eigenvalue weighted by molar-refractivity contribution is 0.257. The van der Waals surface area contributed by atoms with Gasteiger partial charge in [0.1, 0.15) is 0 Å². The van der Waals surface area contributed by atoms with Gasteiger partial charge in [-0.15, -0.1) is 0 Å². The van der Waals surface area contributed by atoms with E-state index in [9.17, 15) is 0 Å². The Morgan fingerprint density at radius 1 is 1.24 bits per heavy atom. The summed E-state index contributed by atoms with van der Waals surface area (Å²) in [6.45, 7) is 4.17. The molecule has 2 heteroatoms. The zero-order valence-electron chi connectivity index (χ0n) is 10.4. The SMILES string of the molecule is NCC/C=C1/CCCN(Cc2ccccc2)C1. The molecule has 0 spiro atoms. The van der Waals surface area contributed by atoms with Crippen LogP contribution in [0.3, 0.4) is 0 Å².